The van der Waals surface area contributed by atoms with Crippen molar-refractivity contribution in [3.63, 3.8) is 0 Å². The van der Waals surface area contributed by atoms with Crippen molar-refractivity contribution in [1.29, 1.82) is 0 Å². The molecule has 24 heavy (non-hydrogen) atoms. The van der Waals surface area contributed by atoms with Crippen molar-refractivity contribution < 1.29 is 9.80 Å². The van der Waals surface area contributed by atoms with Gasteiger partial charge in [0.15, 0.2) is 0 Å². The van der Waals surface area contributed by atoms with E-state index in [9.17, 15) is 0 Å². The van der Waals surface area contributed by atoms with Crippen LogP contribution in [0.3, 0.4) is 0 Å². The van der Waals surface area contributed by atoms with Crippen molar-refractivity contribution in [3.8, 4) is 0 Å². The molecule has 4 heterocycles. The predicted molar refractivity (Wildman–Crippen MR) is 100 cm³/mol. The van der Waals surface area contributed by atoms with Crippen LogP contribution in [0.15, 0.2) is 35.3 Å². The molecule has 7 heteroatoms. The Kier molecular flexibility index (Phi) is 4.75. The Bertz CT molecular complexity index is 777. The first-order valence-electron chi connectivity index (χ1n) is 8.42. The van der Waals surface area contributed by atoms with Crippen LogP contribution in [0.2, 0.25) is 0 Å². The minimum absolute atomic E-state index is 0.488. The standard InChI is InChI=1S/C17H21N5S2/c1-21-5-7-22(8-6-21)14(15-3-2-9-23-15)11-18-16-13-4-10-24-17(13)20-12-19-16/h2-4,9-10,12,14H,5-8,11H2,1H3,(H,18,19,20)/p+2/t14-/m1/s1. The number of aromatic nitrogens is 2. The number of thiophene rings is 2. The van der Waals surface area contributed by atoms with Crippen LogP contribution in [0.1, 0.15) is 10.9 Å². The van der Waals surface area contributed by atoms with E-state index in [-0.39, 0.29) is 0 Å². The SMILES string of the molecule is C[NH+]1CC[NH+]([C@H](CNc2ncnc3sccc23)c2cccs2)CC1. The van der Waals surface area contributed by atoms with E-state index in [2.05, 4.69) is 51.3 Å². The number of hydrogen-bond donors (Lipinski definition) is 3. The summed E-state index contributed by atoms with van der Waals surface area (Å²) in [6, 6.07) is 7.03. The van der Waals surface area contributed by atoms with Gasteiger partial charge in [-0.15, -0.1) is 22.7 Å². The summed E-state index contributed by atoms with van der Waals surface area (Å²) in [5.41, 5.74) is 0. The van der Waals surface area contributed by atoms with E-state index in [1.165, 1.54) is 31.1 Å². The first-order chi connectivity index (χ1) is 11.8. The zero-order valence-corrected chi connectivity index (χ0v) is 15.4. The van der Waals surface area contributed by atoms with Crippen molar-refractivity contribution in [2.24, 2.45) is 0 Å². The molecule has 5 nitrogen and oxygen atoms in total. The molecule has 3 aromatic rings. The van der Waals surface area contributed by atoms with E-state index in [1.54, 1.807) is 27.5 Å². The van der Waals surface area contributed by atoms with Crippen LogP contribution < -0.4 is 15.1 Å². The van der Waals surface area contributed by atoms with Gasteiger partial charge in [-0.3, -0.25) is 0 Å². The Hall–Kier alpha value is -1.54. The fourth-order valence-corrected chi connectivity index (χ4v) is 5.03. The normalized spacial score (nSPS) is 22.5. The second-order valence-corrected chi connectivity index (χ2v) is 8.30. The van der Waals surface area contributed by atoms with Crippen molar-refractivity contribution in [3.05, 3.63) is 40.2 Å². The van der Waals surface area contributed by atoms with Crippen LogP contribution in [0.25, 0.3) is 10.2 Å². The maximum Gasteiger partial charge on any atom is 0.140 e. The van der Waals surface area contributed by atoms with Gasteiger partial charge >= 0.3 is 0 Å². The molecule has 1 saturated heterocycles. The van der Waals surface area contributed by atoms with Gasteiger partial charge in [0.25, 0.3) is 0 Å². The summed E-state index contributed by atoms with van der Waals surface area (Å²) >= 11 is 3.53. The smallest absolute Gasteiger partial charge is 0.140 e. The number of piperazine rings is 1. The Morgan fingerprint density at radius 1 is 1.12 bits per heavy atom. The summed E-state index contributed by atoms with van der Waals surface area (Å²) in [4.78, 5) is 14.7. The summed E-state index contributed by atoms with van der Waals surface area (Å²) in [6.45, 7) is 5.87. The van der Waals surface area contributed by atoms with Gasteiger partial charge in [0.1, 0.15) is 49.2 Å². The lowest BCUT2D eigenvalue weighted by Gasteiger charge is -2.33. The molecule has 126 valence electrons. The molecule has 0 bridgehead atoms. The number of quaternary nitrogens is 2. The molecular formula is C17H23N5S2+2. The molecule has 0 amide bonds. The molecule has 0 spiro atoms. The second-order valence-electron chi connectivity index (χ2n) is 6.43. The molecule has 1 aliphatic heterocycles. The monoisotopic (exact) mass is 361 g/mol. The molecule has 3 aromatic heterocycles. The third-order valence-electron chi connectivity index (χ3n) is 4.86. The van der Waals surface area contributed by atoms with Crippen molar-refractivity contribution >= 4 is 38.7 Å². The Balaban J connectivity index is 1.53. The molecule has 1 atom stereocenters. The zero-order chi connectivity index (χ0) is 16.4. The van der Waals surface area contributed by atoms with Gasteiger partial charge in [0.05, 0.1) is 23.9 Å². The van der Waals surface area contributed by atoms with E-state index in [0.717, 1.165) is 22.6 Å². The molecule has 4 rings (SSSR count). The van der Waals surface area contributed by atoms with Gasteiger partial charge in [-0.05, 0) is 22.9 Å². The van der Waals surface area contributed by atoms with E-state index in [1.807, 2.05) is 11.3 Å². The largest absolute Gasteiger partial charge is 0.363 e. The van der Waals surface area contributed by atoms with Gasteiger partial charge in [-0.25, -0.2) is 9.97 Å². The number of nitrogens with one attached hydrogen (secondary N) is 3. The highest BCUT2D eigenvalue weighted by molar-refractivity contribution is 7.16. The van der Waals surface area contributed by atoms with Gasteiger partial charge in [0, 0.05) is 0 Å². The molecule has 0 aromatic carbocycles. The fourth-order valence-electron chi connectivity index (χ4n) is 3.41. The third-order valence-corrected chi connectivity index (χ3v) is 6.67. The van der Waals surface area contributed by atoms with Crippen molar-refractivity contribution in [2.45, 2.75) is 6.04 Å². The van der Waals surface area contributed by atoms with Crippen LogP contribution in [0.5, 0.6) is 0 Å². The first kappa shape index (κ1) is 16.0. The number of likely N-dealkylation sites (N-methyl/N-ethyl adjacent to an activating group) is 1. The molecule has 0 saturated carbocycles. The number of rotatable bonds is 5. The lowest BCUT2D eigenvalue weighted by Crippen LogP contribution is -3.27. The summed E-state index contributed by atoms with van der Waals surface area (Å²) < 4.78 is 0. The average molecular weight is 362 g/mol. The van der Waals surface area contributed by atoms with E-state index < -0.39 is 0 Å². The Morgan fingerprint density at radius 3 is 2.79 bits per heavy atom. The molecule has 0 radical (unpaired) electrons. The summed E-state index contributed by atoms with van der Waals surface area (Å²) in [5.74, 6) is 0.960. The molecule has 0 unspecified atom stereocenters. The van der Waals surface area contributed by atoms with Crippen LogP contribution >= 0.6 is 22.7 Å². The van der Waals surface area contributed by atoms with E-state index in [4.69, 9.17) is 0 Å². The molecule has 1 fully saturated rings. The van der Waals surface area contributed by atoms with Crippen LogP contribution in [-0.2, 0) is 0 Å². The Morgan fingerprint density at radius 2 is 2.00 bits per heavy atom. The molecular weight excluding hydrogens is 338 g/mol. The molecule has 0 aliphatic carbocycles. The van der Waals surface area contributed by atoms with Crippen molar-refractivity contribution in [2.75, 3.05) is 45.1 Å². The molecule has 1 aliphatic rings. The quantitative estimate of drug-likeness (QED) is 0.613. The predicted octanol–water partition coefficient (Wildman–Crippen LogP) is 0.319. The average Bonchev–Trinajstić information content (AvgIpc) is 3.28. The number of nitrogens with zero attached hydrogens (tertiary/aromatic N) is 2. The van der Waals surface area contributed by atoms with Crippen LogP contribution in [-0.4, -0.2) is 49.7 Å². The lowest BCUT2D eigenvalue weighted by molar-refractivity contribution is -1.02. The van der Waals surface area contributed by atoms with Crippen LogP contribution in [0, 0.1) is 0 Å². The Labute approximate surface area is 150 Å². The highest BCUT2D eigenvalue weighted by Crippen LogP contribution is 2.24. The van der Waals surface area contributed by atoms with Crippen molar-refractivity contribution in [1.82, 2.24) is 9.97 Å². The fraction of sp³-hybridized carbons (Fsp3) is 0.412. The van der Waals surface area contributed by atoms with Gasteiger partial charge in [-0.1, -0.05) is 6.07 Å². The maximum absolute atomic E-state index is 4.46. The topological polar surface area (TPSA) is 46.7 Å². The highest BCUT2D eigenvalue weighted by atomic mass is 32.1. The van der Waals surface area contributed by atoms with Crippen LogP contribution in [0.4, 0.5) is 5.82 Å². The number of anilines is 1. The number of hydrogen-bond acceptors (Lipinski definition) is 5. The maximum atomic E-state index is 4.46. The first-order valence-corrected chi connectivity index (χ1v) is 10.2. The second kappa shape index (κ2) is 7.14. The summed E-state index contributed by atoms with van der Waals surface area (Å²) in [7, 11) is 2.30. The zero-order valence-electron chi connectivity index (χ0n) is 13.8. The van der Waals surface area contributed by atoms with Gasteiger partial charge in [0.2, 0.25) is 0 Å². The third kappa shape index (κ3) is 3.30. The summed E-state index contributed by atoms with van der Waals surface area (Å²) in [6.07, 6.45) is 1.66. The minimum Gasteiger partial charge on any atom is -0.363 e. The highest BCUT2D eigenvalue weighted by Gasteiger charge is 2.30. The molecule has 3 N–H and O–H groups in total. The van der Waals surface area contributed by atoms with Gasteiger partial charge < -0.3 is 15.1 Å². The minimum atomic E-state index is 0.488. The van der Waals surface area contributed by atoms with E-state index >= 15 is 0 Å². The van der Waals surface area contributed by atoms with E-state index in [0.29, 0.717) is 6.04 Å². The van der Waals surface area contributed by atoms with Gasteiger partial charge in [-0.2, -0.15) is 0 Å². The summed E-state index contributed by atoms with van der Waals surface area (Å²) in [5, 5.41) is 9.00. The lowest BCUT2D eigenvalue weighted by atomic mass is 10.1. The number of fused-ring (bicyclic) bond motifs is 1.